The van der Waals surface area contributed by atoms with E-state index >= 15 is 0 Å². The van der Waals surface area contributed by atoms with Crippen molar-refractivity contribution in [2.24, 2.45) is 0 Å². The fourth-order valence-corrected chi connectivity index (χ4v) is 2.64. The molecule has 0 unspecified atom stereocenters. The van der Waals surface area contributed by atoms with Crippen LogP contribution in [0.3, 0.4) is 0 Å². The summed E-state index contributed by atoms with van der Waals surface area (Å²) in [5.41, 5.74) is -4.19. The van der Waals surface area contributed by atoms with Crippen LogP contribution in [0.15, 0.2) is 11.4 Å². The topological polar surface area (TPSA) is 49.8 Å². The normalized spacial score (nSPS) is 11.8. The van der Waals surface area contributed by atoms with Crippen molar-refractivity contribution in [2.75, 3.05) is 30.0 Å². The molecule has 104 valence electrons. The van der Waals surface area contributed by atoms with Gasteiger partial charge >= 0.3 is 5.51 Å². The molecule has 2 N–H and O–H groups in total. The molecule has 0 aliphatic rings. The van der Waals surface area contributed by atoms with Crippen LogP contribution < -0.4 is 10.6 Å². The molecule has 0 saturated carbocycles. The van der Waals surface area contributed by atoms with Crippen LogP contribution in [-0.4, -0.2) is 34.8 Å². The molecule has 9 heteroatoms. The third-order valence-electron chi connectivity index (χ3n) is 2.21. The lowest BCUT2D eigenvalue weighted by atomic mass is 10.4. The Morgan fingerprint density at radius 1 is 1.37 bits per heavy atom. The van der Waals surface area contributed by atoms with Gasteiger partial charge in [0.25, 0.3) is 0 Å². The zero-order valence-corrected chi connectivity index (χ0v) is 11.5. The highest BCUT2D eigenvalue weighted by Gasteiger charge is 2.27. The highest BCUT2D eigenvalue weighted by atomic mass is 32.2. The first-order valence-electron chi connectivity index (χ1n) is 5.37. The lowest BCUT2D eigenvalue weighted by Crippen LogP contribution is -2.11. The maximum Gasteiger partial charge on any atom is 0.441 e. The number of nitrogens with zero attached hydrogens (tertiary/aromatic N) is 2. The quantitative estimate of drug-likeness (QED) is 0.829. The van der Waals surface area contributed by atoms with E-state index in [1.54, 1.807) is 7.05 Å². The van der Waals surface area contributed by atoms with Gasteiger partial charge < -0.3 is 10.6 Å². The van der Waals surface area contributed by atoms with E-state index in [4.69, 9.17) is 0 Å². The highest BCUT2D eigenvalue weighted by molar-refractivity contribution is 8.00. The zero-order chi connectivity index (χ0) is 13.9. The average Bonchev–Trinajstić information content (AvgIpc) is 2.81. The van der Waals surface area contributed by atoms with Crippen LogP contribution in [0, 0.1) is 0 Å². The molecular formula is C10H11F3N4S2. The Labute approximate surface area is 115 Å². The van der Waals surface area contributed by atoms with Crippen LogP contribution in [0.2, 0.25) is 0 Å². The summed E-state index contributed by atoms with van der Waals surface area (Å²) < 4.78 is 36.0. The van der Waals surface area contributed by atoms with Crippen LogP contribution in [0.25, 0.3) is 10.2 Å². The van der Waals surface area contributed by atoms with Gasteiger partial charge in [0.1, 0.15) is 10.6 Å². The van der Waals surface area contributed by atoms with Crippen LogP contribution in [0.1, 0.15) is 0 Å². The van der Waals surface area contributed by atoms with Gasteiger partial charge in [-0.25, -0.2) is 4.98 Å². The molecule has 0 aromatic carbocycles. The molecule has 2 heterocycles. The largest absolute Gasteiger partial charge is 0.441 e. The lowest BCUT2D eigenvalue weighted by Gasteiger charge is -2.09. The molecule has 19 heavy (non-hydrogen) atoms. The van der Waals surface area contributed by atoms with E-state index in [9.17, 15) is 13.2 Å². The number of halogens is 3. The van der Waals surface area contributed by atoms with Gasteiger partial charge in [-0.1, -0.05) is 0 Å². The molecule has 4 nitrogen and oxygen atoms in total. The van der Waals surface area contributed by atoms with Gasteiger partial charge in [0.05, 0.1) is 5.39 Å². The molecule has 2 aromatic heterocycles. The summed E-state index contributed by atoms with van der Waals surface area (Å²) in [4.78, 5) is 9.26. The van der Waals surface area contributed by atoms with Crippen molar-refractivity contribution in [1.82, 2.24) is 9.97 Å². The van der Waals surface area contributed by atoms with E-state index in [1.807, 2.05) is 11.4 Å². The second kappa shape index (κ2) is 5.83. The average molecular weight is 308 g/mol. The number of thioether (sulfide) groups is 1. The first kappa shape index (κ1) is 14.2. The van der Waals surface area contributed by atoms with Crippen LogP contribution in [0.5, 0.6) is 0 Å². The van der Waals surface area contributed by atoms with E-state index < -0.39 is 5.51 Å². The minimum Gasteiger partial charge on any atom is -0.369 e. The van der Waals surface area contributed by atoms with Crippen molar-refractivity contribution in [3.8, 4) is 0 Å². The number of aromatic nitrogens is 2. The summed E-state index contributed by atoms with van der Waals surface area (Å²) in [6, 6.07) is 1.85. The predicted molar refractivity (Wildman–Crippen MR) is 74.0 cm³/mol. The summed E-state index contributed by atoms with van der Waals surface area (Å²) in [6.07, 6.45) is 0. The first-order valence-corrected chi connectivity index (χ1v) is 7.23. The summed E-state index contributed by atoms with van der Waals surface area (Å²) in [5, 5.41) is 8.43. The fourth-order valence-electron chi connectivity index (χ4n) is 1.44. The Balaban J connectivity index is 2.05. The molecule has 0 saturated heterocycles. The first-order chi connectivity index (χ1) is 8.99. The molecule has 0 amide bonds. The highest BCUT2D eigenvalue weighted by Crippen LogP contribution is 2.30. The van der Waals surface area contributed by atoms with Gasteiger partial charge in [-0.3, -0.25) is 0 Å². The Morgan fingerprint density at radius 3 is 2.84 bits per heavy atom. The van der Waals surface area contributed by atoms with Crippen molar-refractivity contribution >= 4 is 45.1 Å². The SMILES string of the molecule is CNc1nc(NCCSC(F)(F)F)c2ccsc2n1. The van der Waals surface area contributed by atoms with E-state index in [0.717, 1.165) is 10.2 Å². The van der Waals surface area contributed by atoms with Crippen molar-refractivity contribution < 1.29 is 13.2 Å². The number of nitrogens with one attached hydrogen (secondary N) is 2. The molecule has 0 spiro atoms. The van der Waals surface area contributed by atoms with Gasteiger partial charge in [0.2, 0.25) is 5.95 Å². The second-order valence-electron chi connectivity index (χ2n) is 3.51. The van der Waals surface area contributed by atoms with E-state index in [0.29, 0.717) is 11.8 Å². The van der Waals surface area contributed by atoms with Crippen LogP contribution in [0.4, 0.5) is 24.9 Å². The molecule has 0 fully saturated rings. The Hall–Kier alpha value is -1.22. The van der Waals surface area contributed by atoms with Crippen molar-refractivity contribution in [1.29, 1.82) is 0 Å². The third kappa shape index (κ3) is 3.87. The number of thiophene rings is 1. The van der Waals surface area contributed by atoms with E-state index in [-0.39, 0.29) is 24.1 Å². The number of hydrogen-bond donors (Lipinski definition) is 2. The van der Waals surface area contributed by atoms with Crippen molar-refractivity contribution in [2.45, 2.75) is 5.51 Å². The zero-order valence-electron chi connectivity index (χ0n) is 9.91. The Morgan fingerprint density at radius 2 is 2.16 bits per heavy atom. The summed E-state index contributed by atoms with van der Waals surface area (Å²) in [7, 11) is 1.69. The fraction of sp³-hybridized carbons (Fsp3) is 0.400. The van der Waals surface area contributed by atoms with Gasteiger partial charge in [0, 0.05) is 19.3 Å². The molecule has 0 aliphatic carbocycles. The standard InChI is InChI=1S/C10H11F3N4S2/c1-14-9-16-7(6-2-4-18-8(6)17-9)15-3-5-19-10(11,12)13/h2,4H,3,5H2,1H3,(H2,14,15,16,17). The Kier molecular flexibility index (Phi) is 4.35. The summed E-state index contributed by atoms with van der Waals surface area (Å²) in [5.74, 6) is 0.938. The van der Waals surface area contributed by atoms with E-state index in [1.165, 1.54) is 11.3 Å². The minimum absolute atomic E-state index is 0.0487. The second-order valence-corrected chi connectivity index (χ2v) is 5.56. The Bertz CT molecular complexity index is 555. The van der Waals surface area contributed by atoms with Gasteiger partial charge in [-0.15, -0.1) is 11.3 Å². The molecule has 2 aromatic rings. The summed E-state index contributed by atoms with van der Waals surface area (Å²) >= 11 is 1.41. The molecule has 2 rings (SSSR count). The van der Waals surface area contributed by atoms with E-state index in [2.05, 4.69) is 20.6 Å². The maximum absolute atomic E-state index is 12.0. The van der Waals surface area contributed by atoms with Gasteiger partial charge in [-0.2, -0.15) is 18.2 Å². The number of rotatable bonds is 5. The van der Waals surface area contributed by atoms with Crippen LogP contribution >= 0.6 is 23.1 Å². The number of anilines is 2. The number of alkyl halides is 3. The van der Waals surface area contributed by atoms with Gasteiger partial charge in [-0.05, 0) is 23.2 Å². The summed E-state index contributed by atoms with van der Waals surface area (Å²) in [6.45, 7) is 0.190. The van der Waals surface area contributed by atoms with Crippen molar-refractivity contribution in [3.63, 3.8) is 0 Å². The van der Waals surface area contributed by atoms with Gasteiger partial charge in [0.15, 0.2) is 0 Å². The number of fused-ring (bicyclic) bond motifs is 1. The van der Waals surface area contributed by atoms with Crippen molar-refractivity contribution in [3.05, 3.63) is 11.4 Å². The monoisotopic (exact) mass is 308 g/mol. The molecule has 0 aliphatic heterocycles. The maximum atomic E-state index is 12.0. The smallest absolute Gasteiger partial charge is 0.369 e. The molecule has 0 radical (unpaired) electrons. The predicted octanol–water partition coefficient (Wildman–Crippen LogP) is 3.40. The van der Waals surface area contributed by atoms with Crippen LogP contribution in [-0.2, 0) is 0 Å². The molecule has 0 atom stereocenters. The molecule has 0 bridgehead atoms. The minimum atomic E-state index is -4.19. The third-order valence-corrected chi connectivity index (χ3v) is 3.75. The number of hydrogen-bond acceptors (Lipinski definition) is 6. The lowest BCUT2D eigenvalue weighted by molar-refractivity contribution is -0.0327. The molecular weight excluding hydrogens is 297 g/mol.